The van der Waals surface area contributed by atoms with Crippen molar-refractivity contribution in [2.24, 2.45) is 11.5 Å². The number of nitrogens with zero attached hydrogens (tertiary/aromatic N) is 6. The first-order chi connectivity index (χ1) is 43.1. The summed E-state index contributed by atoms with van der Waals surface area (Å²) in [6.07, 6.45) is -0.969. The van der Waals surface area contributed by atoms with Crippen molar-refractivity contribution in [1.29, 1.82) is 0 Å². The number of unbranched alkanes of at least 4 members (excludes halogenated alkanes) is 12. The Labute approximate surface area is 547 Å². The van der Waals surface area contributed by atoms with Crippen LogP contribution >= 0.6 is 36.8 Å². The number of nitrogens with two attached hydrogens (primary N) is 2. The molecule has 0 bridgehead atoms. The van der Waals surface area contributed by atoms with Gasteiger partial charge in [-0.2, -0.15) is 0 Å². The van der Waals surface area contributed by atoms with Crippen molar-refractivity contribution < 1.29 is 71.4 Å². The number of hydrogen-bond acceptors (Lipinski definition) is 23. The lowest BCUT2D eigenvalue weighted by Crippen LogP contribution is -2.66. The van der Waals surface area contributed by atoms with Gasteiger partial charge in [-0.05, 0) is 63.0 Å². The largest absolute Gasteiger partial charge is 0.455 e. The second-order valence-corrected chi connectivity index (χ2v) is 23.2. The van der Waals surface area contributed by atoms with Crippen molar-refractivity contribution in [3.8, 4) is 0 Å². The standard InChI is InChI=1S/C60H102N12O15S2.ClH/c1-7-13-19-25-45(73)81-51-43(39-71-37-41(67-69-71)35-65-59(88)63-33-31-61)79-57(55(85-49(77)29-23-17-11-5)53(51)83-47(75)27-21-15-9-3)87-58-56(86-50(78)30-24-18-12-6)54(84-48(76)28-22-16-10-4)52(82-46(74)26-20-14-8-2)44(80-58)40-72-38-42(68-70-72)36-66-60(89)64-34-32-62;/h37-38,43-44,51-58H,7-36,39-40,61-62H2,1-6H3,(H2,63,65,88)(H2,64,66,89);1H/t43-,44-,51-,52-,53+,54+,55-,56+,57-,58-;/m1./s1. The van der Waals surface area contributed by atoms with Crippen LogP contribution in [0.15, 0.2) is 12.4 Å². The van der Waals surface area contributed by atoms with Crippen LogP contribution in [-0.4, -0.2) is 164 Å². The Morgan fingerprint density at radius 1 is 0.444 bits per heavy atom. The molecule has 8 N–H and O–H groups in total. The number of halogens is 1. The second-order valence-electron chi connectivity index (χ2n) is 22.4. The molecule has 0 unspecified atom stereocenters. The number of thiocarbonyl (C=S) groups is 2. The van der Waals surface area contributed by atoms with Crippen LogP contribution in [0.4, 0.5) is 0 Å². The fourth-order valence-corrected chi connectivity index (χ4v) is 10.2. The lowest BCUT2D eigenvalue weighted by molar-refractivity contribution is -0.376. The van der Waals surface area contributed by atoms with Gasteiger partial charge in [-0.1, -0.05) is 129 Å². The summed E-state index contributed by atoms with van der Waals surface area (Å²) < 4.78 is 62.0. The third-order valence-corrected chi connectivity index (χ3v) is 15.2. The van der Waals surface area contributed by atoms with Gasteiger partial charge < -0.3 is 75.4 Å². The first-order valence-electron chi connectivity index (χ1n) is 32.4. The van der Waals surface area contributed by atoms with Crippen LogP contribution < -0.4 is 32.7 Å². The molecule has 27 nitrogen and oxygen atoms in total. The normalized spacial score (nSPS) is 21.2. The van der Waals surface area contributed by atoms with Gasteiger partial charge in [0.1, 0.15) is 23.6 Å². The molecule has 2 aliphatic heterocycles. The van der Waals surface area contributed by atoms with E-state index in [-0.39, 0.29) is 77.1 Å². The van der Waals surface area contributed by atoms with Gasteiger partial charge in [-0.25, -0.2) is 9.36 Å². The molecule has 2 fully saturated rings. The smallest absolute Gasteiger partial charge is 0.306 e. The fourth-order valence-electron chi connectivity index (χ4n) is 9.81. The summed E-state index contributed by atoms with van der Waals surface area (Å²) in [5.74, 6) is -4.06. The number of hydrogen-bond donors (Lipinski definition) is 6. The quantitative estimate of drug-likeness (QED) is 0.0185. The molecule has 4 heterocycles. The van der Waals surface area contributed by atoms with Crippen LogP contribution in [0.25, 0.3) is 0 Å². The van der Waals surface area contributed by atoms with Crippen LogP contribution in [0.5, 0.6) is 0 Å². The number of aromatic nitrogens is 6. The number of nitrogens with one attached hydrogen (secondary N) is 4. The molecule has 10 atom stereocenters. The van der Waals surface area contributed by atoms with E-state index in [4.69, 9.17) is 78.5 Å². The molecule has 30 heteroatoms. The van der Waals surface area contributed by atoms with E-state index in [1.165, 1.54) is 9.36 Å². The summed E-state index contributed by atoms with van der Waals surface area (Å²) in [5.41, 5.74) is 12.2. The minimum absolute atomic E-state index is 0. The Morgan fingerprint density at radius 2 is 0.722 bits per heavy atom. The highest BCUT2D eigenvalue weighted by molar-refractivity contribution is 7.80. The molecule has 0 aliphatic carbocycles. The van der Waals surface area contributed by atoms with Crippen molar-refractivity contribution in [3.63, 3.8) is 0 Å². The van der Waals surface area contributed by atoms with Crippen molar-refractivity contribution in [2.75, 3.05) is 26.2 Å². The lowest BCUT2D eigenvalue weighted by Gasteiger charge is -2.48. The zero-order valence-corrected chi connectivity index (χ0v) is 56.2. The maximum atomic E-state index is 14.3. The summed E-state index contributed by atoms with van der Waals surface area (Å²) in [4.78, 5) is 85.2. The molecule has 0 aromatic carbocycles. The molecule has 2 aromatic rings. The highest BCUT2D eigenvalue weighted by Gasteiger charge is 2.58. The molecule has 4 rings (SSSR count). The van der Waals surface area contributed by atoms with Gasteiger partial charge in [0, 0.05) is 64.7 Å². The molecule has 0 radical (unpaired) electrons. The lowest BCUT2D eigenvalue weighted by atomic mass is 9.96. The van der Waals surface area contributed by atoms with E-state index in [0.717, 1.165) is 51.4 Å². The minimum atomic E-state index is -1.81. The summed E-state index contributed by atoms with van der Waals surface area (Å²) >= 11 is 10.8. The summed E-state index contributed by atoms with van der Waals surface area (Å²) in [7, 11) is 0. The predicted octanol–water partition coefficient (Wildman–Crippen LogP) is 6.26. The topological polar surface area (TPSA) is 347 Å². The van der Waals surface area contributed by atoms with Crippen molar-refractivity contribution in [3.05, 3.63) is 23.8 Å². The second kappa shape index (κ2) is 45.8. The Bertz CT molecular complexity index is 2270. The predicted molar refractivity (Wildman–Crippen MR) is 343 cm³/mol. The first-order valence-corrected chi connectivity index (χ1v) is 33.3. The minimum Gasteiger partial charge on any atom is -0.455 e. The summed E-state index contributed by atoms with van der Waals surface area (Å²) in [6, 6.07) is 0. The Balaban J connectivity index is 0.0000212. The van der Waals surface area contributed by atoms with Crippen LogP contribution in [0, 0.1) is 0 Å². The first kappa shape index (κ1) is 78.8. The van der Waals surface area contributed by atoms with E-state index in [1.54, 1.807) is 12.4 Å². The third kappa shape index (κ3) is 29.5. The zero-order valence-electron chi connectivity index (χ0n) is 53.7. The van der Waals surface area contributed by atoms with Gasteiger partial charge in [-0.3, -0.25) is 28.8 Å². The number of carbonyl (C=O) groups excluding carboxylic acids is 6. The monoisotopic (exact) mass is 1330 g/mol. The highest BCUT2D eigenvalue weighted by Crippen LogP contribution is 2.37. The summed E-state index contributed by atoms with van der Waals surface area (Å²) in [6.45, 7) is 13.4. The number of rotatable bonds is 44. The van der Waals surface area contributed by atoms with Crippen LogP contribution in [0.1, 0.15) is 207 Å². The molecular formula is C60H103ClN12O15S2. The van der Waals surface area contributed by atoms with Crippen LogP contribution in [0.2, 0.25) is 0 Å². The Kier molecular flexibility index (Phi) is 40.1. The van der Waals surface area contributed by atoms with E-state index in [9.17, 15) is 28.8 Å². The molecule has 90 heavy (non-hydrogen) atoms. The van der Waals surface area contributed by atoms with Crippen molar-refractivity contribution in [1.82, 2.24) is 51.3 Å². The van der Waals surface area contributed by atoms with Crippen molar-refractivity contribution in [2.45, 2.75) is 283 Å². The maximum Gasteiger partial charge on any atom is 0.306 e. The van der Waals surface area contributed by atoms with E-state index in [0.29, 0.717) is 112 Å². The van der Waals surface area contributed by atoms with Crippen LogP contribution in [-0.2, 0) is 97.6 Å². The molecule has 2 saturated heterocycles. The average molecular weight is 1330 g/mol. The molecular weight excluding hydrogens is 1230 g/mol. The van der Waals surface area contributed by atoms with Crippen molar-refractivity contribution >= 4 is 82.9 Å². The molecule has 512 valence electrons. The Morgan fingerprint density at radius 3 is 1.00 bits per heavy atom. The number of ether oxygens (including phenoxy) is 9. The van der Waals surface area contributed by atoms with E-state index < -0.39 is 97.2 Å². The van der Waals surface area contributed by atoms with Crippen LogP contribution in [0.3, 0.4) is 0 Å². The third-order valence-electron chi connectivity index (χ3n) is 14.6. The van der Waals surface area contributed by atoms with E-state index in [1.807, 2.05) is 41.5 Å². The van der Waals surface area contributed by atoms with Gasteiger partial charge in [0.15, 0.2) is 46.8 Å². The molecule has 2 aliphatic rings. The average Bonchev–Trinajstić information content (AvgIpc) is 0.817. The van der Waals surface area contributed by atoms with Gasteiger partial charge >= 0.3 is 35.8 Å². The number of carbonyl (C=O) groups is 6. The number of esters is 6. The maximum absolute atomic E-state index is 14.3. The molecule has 0 amide bonds. The summed E-state index contributed by atoms with van der Waals surface area (Å²) in [5, 5.41) is 30.2. The highest BCUT2D eigenvalue weighted by atomic mass is 35.5. The van der Waals surface area contributed by atoms with Gasteiger partial charge in [0.2, 0.25) is 12.6 Å². The fraction of sp³-hybridized carbons (Fsp3) is 0.800. The molecule has 0 spiro atoms. The molecule has 0 saturated carbocycles. The SMILES string of the molecule is CCCCCC(=O)O[C@@H]1[C@H](OC(=O)CCCCC)[C@@H](O[C@H]2O[C@H](Cn3cc(CNC(=S)NCCN)nn3)[C@@H](OC(=O)CCCCC)[C@H](OC(=O)CCCCC)[C@H]2OC(=O)CCCCC)O[C@H](Cn2cc(CNC(=S)NCCN)nn2)[C@H]1OC(=O)CCCCC.Cl. The van der Waals surface area contributed by atoms with E-state index in [2.05, 4.69) is 41.9 Å². The van der Waals surface area contributed by atoms with Gasteiger partial charge in [-0.15, -0.1) is 22.6 Å². The Hall–Kier alpha value is -5.43. The van der Waals surface area contributed by atoms with Gasteiger partial charge in [0.25, 0.3) is 0 Å². The zero-order chi connectivity index (χ0) is 64.8. The molecule has 2 aromatic heterocycles. The van der Waals surface area contributed by atoms with Gasteiger partial charge in [0.05, 0.1) is 38.6 Å². The van der Waals surface area contributed by atoms with E-state index >= 15 is 0 Å².